The standard InChI is InChI=1S/C51H34N2/c1-4-16-35(17-5-1)39-32-40(36-18-6-2-7-19-36)34-41(33-39)50-45-24-12-10-22-43(45)49(44-23-11-13-25-46(44)50)37-28-30-42(31-29-37)53-48-27-15-14-26-47(48)52-51(53)38-20-8-3-9-21-38/h1-34H/i1D,2D,4D,5D,6D,7D,10D,11D,12D,13D,16D,17D,18D,19D,22D,23D,24D,25D. The molecule has 0 amide bonds. The highest BCUT2D eigenvalue weighted by molar-refractivity contribution is 6.21. The molecule has 9 aromatic carbocycles. The van der Waals surface area contributed by atoms with E-state index in [-0.39, 0.29) is 60.5 Å². The van der Waals surface area contributed by atoms with Gasteiger partial charge in [0.1, 0.15) is 5.82 Å². The van der Waals surface area contributed by atoms with Crippen molar-refractivity contribution in [3.63, 3.8) is 0 Å². The molecule has 0 fully saturated rings. The predicted octanol–water partition coefficient (Wildman–Crippen LogP) is 13.7. The van der Waals surface area contributed by atoms with Crippen molar-refractivity contribution >= 4 is 32.6 Å². The van der Waals surface area contributed by atoms with Gasteiger partial charge in [0.25, 0.3) is 0 Å². The highest BCUT2D eigenvalue weighted by Crippen LogP contribution is 2.45. The number of rotatable bonds is 6. The van der Waals surface area contributed by atoms with E-state index in [1.165, 1.54) is 18.2 Å². The first kappa shape index (κ1) is 17.5. The van der Waals surface area contributed by atoms with E-state index in [0.717, 1.165) is 16.6 Å². The monoisotopic (exact) mass is 692 g/mol. The molecule has 53 heavy (non-hydrogen) atoms. The van der Waals surface area contributed by atoms with Crippen LogP contribution >= 0.6 is 0 Å². The van der Waals surface area contributed by atoms with Gasteiger partial charge in [-0.25, -0.2) is 4.98 Å². The van der Waals surface area contributed by atoms with Crippen molar-refractivity contribution in [3.8, 4) is 61.6 Å². The molecule has 2 nitrogen and oxygen atoms in total. The quantitative estimate of drug-likeness (QED) is 0.159. The molecule has 0 unspecified atom stereocenters. The smallest absolute Gasteiger partial charge is 0.145 e. The van der Waals surface area contributed by atoms with E-state index in [0.29, 0.717) is 17.1 Å². The Kier molecular flexibility index (Phi) is 4.26. The second-order valence-corrected chi connectivity index (χ2v) is 12.2. The van der Waals surface area contributed by atoms with Gasteiger partial charge >= 0.3 is 0 Å². The Morgan fingerprint density at radius 3 is 1.42 bits per heavy atom. The summed E-state index contributed by atoms with van der Waals surface area (Å²) < 4.78 is 162. The number of nitrogens with zero attached hydrogens (tertiary/aromatic N) is 2. The number of hydrogen-bond acceptors (Lipinski definition) is 1. The second-order valence-electron chi connectivity index (χ2n) is 12.2. The summed E-state index contributed by atoms with van der Waals surface area (Å²) in [6.07, 6.45) is 0. The third-order valence-electron chi connectivity index (χ3n) is 9.18. The number of aromatic nitrogens is 2. The lowest BCUT2D eigenvalue weighted by Gasteiger charge is -2.19. The van der Waals surface area contributed by atoms with Crippen molar-refractivity contribution in [2.75, 3.05) is 0 Å². The van der Waals surface area contributed by atoms with Crippen molar-refractivity contribution in [1.82, 2.24) is 9.55 Å². The summed E-state index contributed by atoms with van der Waals surface area (Å²) in [6.45, 7) is 0. The first-order valence-corrected chi connectivity index (χ1v) is 16.7. The zero-order valence-electron chi connectivity index (χ0n) is 45.6. The van der Waals surface area contributed by atoms with Gasteiger partial charge in [-0.3, -0.25) is 4.57 Å². The van der Waals surface area contributed by atoms with Crippen molar-refractivity contribution in [1.29, 1.82) is 0 Å². The van der Waals surface area contributed by atoms with Crippen molar-refractivity contribution in [3.05, 3.63) is 206 Å². The van der Waals surface area contributed by atoms with Crippen LogP contribution in [0.1, 0.15) is 24.7 Å². The van der Waals surface area contributed by atoms with Crippen molar-refractivity contribution in [2.45, 2.75) is 0 Å². The van der Waals surface area contributed by atoms with Gasteiger partial charge in [0.05, 0.1) is 35.7 Å². The van der Waals surface area contributed by atoms with Crippen LogP contribution < -0.4 is 0 Å². The highest BCUT2D eigenvalue weighted by Gasteiger charge is 2.19. The average molecular weight is 693 g/mol. The van der Waals surface area contributed by atoms with Crippen LogP contribution in [0.4, 0.5) is 0 Å². The minimum absolute atomic E-state index is 0.0377. The molecular formula is C51H34N2. The summed E-state index contributed by atoms with van der Waals surface area (Å²) in [4.78, 5) is 4.93. The van der Waals surface area contributed by atoms with E-state index in [1.54, 1.807) is 24.3 Å². The van der Waals surface area contributed by atoms with Gasteiger partial charge < -0.3 is 0 Å². The molecule has 1 aromatic heterocycles. The number of para-hydroxylation sites is 2. The predicted molar refractivity (Wildman–Crippen MR) is 223 cm³/mol. The lowest BCUT2D eigenvalue weighted by atomic mass is 9.84. The summed E-state index contributed by atoms with van der Waals surface area (Å²) in [5.41, 5.74) is 2.08. The molecule has 0 aliphatic heterocycles. The molecule has 0 aliphatic rings. The van der Waals surface area contributed by atoms with Gasteiger partial charge in [-0.2, -0.15) is 0 Å². The third-order valence-corrected chi connectivity index (χ3v) is 9.18. The van der Waals surface area contributed by atoms with Gasteiger partial charge in [-0.05, 0) is 109 Å². The fourth-order valence-electron chi connectivity index (χ4n) is 6.90. The molecule has 0 saturated heterocycles. The van der Waals surface area contributed by atoms with Gasteiger partial charge in [-0.1, -0.05) is 163 Å². The molecule has 248 valence electrons. The first-order valence-electron chi connectivity index (χ1n) is 25.7. The molecule has 10 aromatic rings. The molecule has 0 atom stereocenters. The molecule has 0 aliphatic carbocycles. The Morgan fingerprint density at radius 2 is 0.849 bits per heavy atom. The average Bonchev–Trinajstić information content (AvgIpc) is 3.77. The summed E-state index contributed by atoms with van der Waals surface area (Å²) in [6, 6.07) is 16.1. The molecule has 0 radical (unpaired) electrons. The Bertz CT molecular complexity index is 3740. The fraction of sp³-hybridized carbons (Fsp3) is 0. The largest absolute Gasteiger partial charge is 0.292 e. The summed E-state index contributed by atoms with van der Waals surface area (Å²) in [5, 5.41) is -0.728. The van der Waals surface area contributed by atoms with Gasteiger partial charge in [0.15, 0.2) is 0 Å². The van der Waals surface area contributed by atoms with Gasteiger partial charge in [0.2, 0.25) is 0 Å². The van der Waals surface area contributed by atoms with Crippen LogP contribution in [0.3, 0.4) is 0 Å². The number of imidazole rings is 1. The summed E-state index contributed by atoms with van der Waals surface area (Å²) in [5.74, 6) is 0.636. The Hall–Kier alpha value is -7.03. The van der Waals surface area contributed by atoms with Gasteiger partial charge in [0, 0.05) is 11.3 Å². The normalized spacial score (nSPS) is 16.2. The molecular weight excluding hydrogens is 641 g/mol. The maximum atomic E-state index is 9.56. The molecule has 2 heteroatoms. The van der Waals surface area contributed by atoms with E-state index in [4.69, 9.17) is 24.2 Å². The number of hydrogen-bond donors (Lipinski definition) is 0. The van der Waals surface area contributed by atoms with Crippen LogP contribution in [0.5, 0.6) is 0 Å². The topological polar surface area (TPSA) is 17.8 Å². The number of benzene rings is 9. The zero-order chi connectivity index (χ0) is 50.8. The van der Waals surface area contributed by atoms with E-state index < -0.39 is 109 Å². The van der Waals surface area contributed by atoms with Crippen molar-refractivity contribution in [2.24, 2.45) is 0 Å². The molecule has 0 bridgehead atoms. The van der Waals surface area contributed by atoms with Crippen LogP contribution in [0, 0.1) is 0 Å². The minimum atomic E-state index is -0.706. The van der Waals surface area contributed by atoms with Crippen LogP contribution in [-0.2, 0) is 0 Å². The van der Waals surface area contributed by atoms with E-state index >= 15 is 0 Å². The first-order chi connectivity index (χ1) is 33.8. The fourth-order valence-corrected chi connectivity index (χ4v) is 6.90. The maximum Gasteiger partial charge on any atom is 0.145 e. The highest BCUT2D eigenvalue weighted by atomic mass is 15.1. The lowest BCUT2D eigenvalue weighted by Crippen LogP contribution is -1.98. The molecule has 1 heterocycles. The Morgan fingerprint density at radius 1 is 0.377 bits per heavy atom. The molecule has 0 spiro atoms. The Labute approximate surface area is 334 Å². The number of fused-ring (bicyclic) bond motifs is 3. The summed E-state index contributed by atoms with van der Waals surface area (Å²) in [7, 11) is 0. The zero-order valence-corrected chi connectivity index (χ0v) is 27.6. The molecule has 0 N–H and O–H groups in total. The molecule has 0 saturated carbocycles. The minimum Gasteiger partial charge on any atom is -0.292 e. The SMILES string of the molecule is [2H]c1c([2H])c([2H])c(-c2cc(-c3c([2H])c([2H])c([2H])c([2H])c3[2H])cc(-c3c4c([2H])c([2H])c([2H])c([2H])c4c(-c4ccc(-n5c(-c6ccccc6)nc6ccccc65)cc4)c4c([2H])c([2H])c([2H])c([2H])c34)c2)c([2H])c1[2H]. The third kappa shape index (κ3) is 5.40. The van der Waals surface area contributed by atoms with Crippen LogP contribution in [0.25, 0.3) is 94.2 Å². The maximum absolute atomic E-state index is 9.56. The van der Waals surface area contributed by atoms with Crippen LogP contribution in [0.15, 0.2) is 206 Å². The lowest BCUT2D eigenvalue weighted by molar-refractivity contribution is 1.10. The van der Waals surface area contributed by atoms with Crippen LogP contribution in [-0.4, -0.2) is 9.55 Å². The van der Waals surface area contributed by atoms with Gasteiger partial charge in [-0.15, -0.1) is 0 Å². The van der Waals surface area contributed by atoms with Crippen molar-refractivity contribution < 1.29 is 24.7 Å². The van der Waals surface area contributed by atoms with E-state index in [1.807, 2.05) is 59.2 Å². The van der Waals surface area contributed by atoms with E-state index in [2.05, 4.69) is 0 Å². The summed E-state index contributed by atoms with van der Waals surface area (Å²) >= 11 is 0. The molecule has 10 rings (SSSR count). The van der Waals surface area contributed by atoms with Crippen LogP contribution in [0.2, 0.25) is 0 Å². The second kappa shape index (κ2) is 12.9. The van der Waals surface area contributed by atoms with E-state index in [9.17, 15) is 5.48 Å². The Balaban J connectivity index is 1.37.